The molecule has 17 heteroatoms. The Morgan fingerprint density at radius 1 is 0.871 bits per heavy atom. The first-order valence-corrected chi connectivity index (χ1v) is 21.7. The molecule has 9 rings (SSSR count). The summed E-state index contributed by atoms with van der Waals surface area (Å²) in [6, 6.07) is 4.59. The number of hydrogen-bond donors (Lipinski definition) is 6. The van der Waals surface area contributed by atoms with E-state index in [9.17, 15) is 34.5 Å². The van der Waals surface area contributed by atoms with Gasteiger partial charge >= 0.3 is 6.09 Å². The van der Waals surface area contributed by atoms with Crippen molar-refractivity contribution in [3.05, 3.63) is 51.6 Å². The van der Waals surface area contributed by atoms with E-state index in [-0.39, 0.29) is 87.7 Å². The molecule has 17 nitrogen and oxygen atoms in total. The van der Waals surface area contributed by atoms with Gasteiger partial charge in [0.1, 0.15) is 30.0 Å². The van der Waals surface area contributed by atoms with Gasteiger partial charge in [0.15, 0.2) is 17.9 Å². The van der Waals surface area contributed by atoms with E-state index in [0.29, 0.717) is 50.0 Å². The van der Waals surface area contributed by atoms with Crippen molar-refractivity contribution in [2.75, 3.05) is 13.7 Å². The smallest absolute Gasteiger partial charge is 0.404 e. The Balaban J connectivity index is 0.000000159. The van der Waals surface area contributed by atoms with Gasteiger partial charge in [-0.05, 0) is 96.0 Å². The highest BCUT2D eigenvalue weighted by atomic mass is 17.4. The zero-order valence-electron chi connectivity index (χ0n) is 35.7. The van der Waals surface area contributed by atoms with E-state index in [1.807, 2.05) is 13.8 Å². The summed E-state index contributed by atoms with van der Waals surface area (Å²) in [4.78, 5) is 72.5. The molecule has 8 atom stereocenters. The molecule has 340 valence electrons. The number of carbonyl (C=O) groups is 4. The molecule has 5 aliphatic carbocycles. The van der Waals surface area contributed by atoms with Gasteiger partial charge in [-0.15, -0.1) is 0 Å². The molecule has 5 fully saturated rings. The highest BCUT2D eigenvalue weighted by Gasteiger charge is 2.63. The lowest BCUT2D eigenvalue weighted by molar-refractivity contribution is -0.678. The van der Waals surface area contributed by atoms with Crippen molar-refractivity contribution in [3.63, 3.8) is 0 Å². The van der Waals surface area contributed by atoms with Crippen LogP contribution in [-0.2, 0) is 46.7 Å². The molecule has 2 spiro atoms. The number of fused-ring (bicyclic) bond motifs is 6. The van der Waals surface area contributed by atoms with Crippen LogP contribution in [0.3, 0.4) is 0 Å². The molecule has 7 unspecified atom stereocenters. The van der Waals surface area contributed by atoms with E-state index in [2.05, 4.69) is 6.92 Å². The van der Waals surface area contributed by atoms with Crippen LogP contribution >= 0.6 is 0 Å². The first-order chi connectivity index (χ1) is 29.4. The highest BCUT2D eigenvalue weighted by Crippen LogP contribution is 2.57. The average Bonchev–Trinajstić information content (AvgIpc) is 3.23. The van der Waals surface area contributed by atoms with Crippen LogP contribution in [-0.4, -0.2) is 98.4 Å². The number of methoxy groups -OCH3 is 1. The summed E-state index contributed by atoms with van der Waals surface area (Å²) in [5, 5.41) is 50.5. The maximum Gasteiger partial charge on any atom is 0.404 e. The molecule has 2 saturated heterocycles. The van der Waals surface area contributed by atoms with Gasteiger partial charge in [-0.1, -0.05) is 26.0 Å². The fraction of sp³-hybridized carbons (Fsp3) is 0.644. The zero-order valence-corrected chi connectivity index (χ0v) is 35.7. The fourth-order valence-corrected chi connectivity index (χ4v) is 10.8. The summed E-state index contributed by atoms with van der Waals surface area (Å²) >= 11 is 0. The van der Waals surface area contributed by atoms with E-state index < -0.39 is 53.6 Å². The lowest BCUT2D eigenvalue weighted by atomic mass is 9.60. The van der Waals surface area contributed by atoms with Crippen LogP contribution in [0.4, 0.5) is 4.79 Å². The number of hydrogen-bond acceptors (Lipinski definition) is 16. The number of phenolic OH excluding ortho intramolecular Hbond substituents is 2. The molecule has 1 amide bonds. The SMILES string of the molecule is CC1CC2CC(O)(C1)CC(C)C21OOC2(CCCC(OC(N)=O)C2)OO1.COc1cccc2c1C(=O)c1c(O)c3c(c(O)c1C2=O)CC(C(=O)CO)CC3.C[C@@H]1CCCC(O)O1. The third-order valence-electron chi connectivity index (χ3n) is 13.6. The minimum absolute atomic E-state index is 0.00129. The largest absolute Gasteiger partial charge is 0.507 e. The summed E-state index contributed by atoms with van der Waals surface area (Å²) in [7, 11) is 1.38. The van der Waals surface area contributed by atoms with Gasteiger partial charge in [0, 0.05) is 47.3 Å². The Labute approximate surface area is 359 Å². The Morgan fingerprint density at radius 2 is 1.58 bits per heavy atom. The first-order valence-electron chi connectivity index (χ1n) is 21.7. The van der Waals surface area contributed by atoms with E-state index in [1.165, 1.54) is 13.2 Å². The second-order valence-electron chi connectivity index (χ2n) is 18.2. The first kappa shape index (κ1) is 45.8. The monoisotopic (exact) mass is 869 g/mol. The lowest BCUT2D eigenvalue weighted by Gasteiger charge is -2.57. The third-order valence-corrected chi connectivity index (χ3v) is 13.6. The molecule has 0 radical (unpaired) electrons. The Hall–Kier alpha value is -4.20. The van der Waals surface area contributed by atoms with Gasteiger partial charge in [0.05, 0.1) is 35.5 Å². The quantitative estimate of drug-likeness (QED) is 0.149. The summed E-state index contributed by atoms with van der Waals surface area (Å²) in [6.45, 7) is 5.52. The molecule has 7 aliphatic rings. The summed E-state index contributed by atoms with van der Waals surface area (Å²) in [6.07, 6.45) is 7.54. The van der Waals surface area contributed by atoms with Gasteiger partial charge in [0.2, 0.25) is 17.4 Å². The number of benzene rings is 2. The van der Waals surface area contributed by atoms with Crippen LogP contribution in [0.15, 0.2) is 18.2 Å². The molecule has 2 aromatic rings. The lowest BCUT2D eigenvalue weighted by Crippen LogP contribution is -2.65. The molecular weight excluding hydrogens is 810 g/mol. The minimum Gasteiger partial charge on any atom is -0.507 e. The summed E-state index contributed by atoms with van der Waals surface area (Å²) in [5.41, 5.74) is 4.76. The number of aliphatic hydroxyl groups is 3. The van der Waals surface area contributed by atoms with Crippen LogP contribution in [0.2, 0.25) is 0 Å². The van der Waals surface area contributed by atoms with Crippen molar-refractivity contribution in [1.29, 1.82) is 0 Å². The average molecular weight is 870 g/mol. The number of ketones is 3. The molecule has 0 aromatic heterocycles. The number of carbonyl (C=O) groups excluding carboxylic acids is 4. The van der Waals surface area contributed by atoms with Crippen LogP contribution in [0.1, 0.15) is 141 Å². The van der Waals surface area contributed by atoms with Crippen molar-refractivity contribution in [2.24, 2.45) is 29.4 Å². The van der Waals surface area contributed by atoms with Gasteiger partial charge < -0.3 is 45.5 Å². The van der Waals surface area contributed by atoms with E-state index in [0.717, 1.165) is 38.5 Å². The number of Topliss-reactive ketones (excluding diaryl/α,β-unsaturated/α-hetero) is 1. The number of rotatable bonds is 4. The molecule has 2 aliphatic heterocycles. The Bertz CT molecular complexity index is 2030. The molecule has 3 saturated carbocycles. The van der Waals surface area contributed by atoms with Gasteiger partial charge in [0.25, 0.3) is 0 Å². The maximum atomic E-state index is 13.1. The number of ether oxygens (including phenoxy) is 3. The van der Waals surface area contributed by atoms with Crippen molar-refractivity contribution < 1.29 is 78.5 Å². The van der Waals surface area contributed by atoms with Crippen molar-refractivity contribution >= 4 is 23.4 Å². The topological polar surface area (TPSA) is 260 Å². The van der Waals surface area contributed by atoms with Crippen LogP contribution < -0.4 is 10.5 Å². The molecule has 62 heavy (non-hydrogen) atoms. The molecular formula is C45H59NO16. The van der Waals surface area contributed by atoms with Crippen molar-refractivity contribution in [3.8, 4) is 17.2 Å². The van der Waals surface area contributed by atoms with Gasteiger partial charge in [-0.3, -0.25) is 14.4 Å². The van der Waals surface area contributed by atoms with Crippen LogP contribution in [0.25, 0.3) is 0 Å². The Kier molecular flexibility index (Phi) is 13.4. The second-order valence-corrected chi connectivity index (χ2v) is 18.2. The Morgan fingerprint density at radius 3 is 2.23 bits per heavy atom. The predicted octanol–water partition coefficient (Wildman–Crippen LogP) is 4.98. The second kappa shape index (κ2) is 18.1. The predicted molar refractivity (Wildman–Crippen MR) is 216 cm³/mol. The van der Waals surface area contributed by atoms with Crippen molar-refractivity contribution in [2.45, 2.75) is 146 Å². The number of amides is 1. The van der Waals surface area contributed by atoms with Gasteiger partial charge in [-0.25, -0.2) is 4.79 Å². The normalized spacial score (nSPS) is 34.6. The van der Waals surface area contributed by atoms with Crippen LogP contribution in [0, 0.1) is 23.7 Å². The molecule has 2 aromatic carbocycles. The zero-order chi connectivity index (χ0) is 44.7. The summed E-state index contributed by atoms with van der Waals surface area (Å²) in [5.74, 6) is -4.35. The van der Waals surface area contributed by atoms with E-state index in [4.69, 9.17) is 49.7 Å². The number of nitrogens with two attached hydrogens (primary N) is 1. The van der Waals surface area contributed by atoms with Crippen LogP contribution in [0.5, 0.6) is 17.2 Å². The maximum absolute atomic E-state index is 13.1. The standard InChI is InChI=1S/C21H18O7.C18H29NO7.C6H12O2/c1-28-14-4-2-3-11-15(14)21(27)17-16(19(11)25)20(26)12-7-9(13(23)8-22)5-6-10(12)18(17)24;1-11-6-13-9-16(21,7-11)8-12(2)18(13)25-23-17(24-26-18)5-3-4-14(10-17)22-15(19)20;1-5-3-2-4-6(7)8-5/h2-4,9,22,24,26H,5-8H2,1H3;11-14,21H,3-10H2,1-2H3,(H2,19,20);5-7H,2-4H2,1H3/t;;5-,6?/m..1/s1. The van der Waals surface area contributed by atoms with Gasteiger partial charge in [-0.2, -0.15) is 19.6 Å². The molecule has 2 bridgehead atoms. The van der Waals surface area contributed by atoms with E-state index >= 15 is 0 Å². The summed E-state index contributed by atoms with van der Waals surface area (Å²) < 4.78 is 15.3. The molecule has 2 heterocycles. The van der Waals surface area contributed by atoms with Crippen molar-refractivity contribution in [1.82, 2.24) is 0 Å². The molecule has 7 N–H and O–H groups in total. The number of aromatic hydroxyl groups is 2. The number of phenols is 2. The minimum atomic E-state index is -1.09. The number of aliphatic hydroxyl groups excluding tert-OH is 2. The third kappa shape index (κ3) is 8.82. The van der Waals surface area contributed by atoms with E-state index in [1.54, 1.807) is 12.1 Å². The highest BCUT2D eigenvalue weighted by molar-refractivity contribution is 6.31. The fourth-order valence-electron chi connectivity index (χ4n) is 10.8. The number of primary amides is 1.